The molecule has 420 valence electrons. The molecule has 0 unspecified atom stereocenters. The molecule has 1 N–H and O–H groups in total. The zero-order valence-corrected chi connectivity index (χ0v) is 49.2. The molecule has 2 amide bonds. The number of thiazole rings is 1. The minimum atomic E-state index is -0.739. The number of ketones is 1. The Morgan fingerprint density at radius 3 is 1.90 bits per heavy atom. The molecule has 0 aliphatic carbocycles. The van der Waals surface area contributed by atoms with Gasteiger partial charge in [0, 0.05) is 41.4 Å². The number of nitrogens with zero attached hydrogens (tertiary/aromatic N) is 4. The van der Waals surface area contributed by atoms with E-state index in [4.69, 9.17) is 56.5 Å². The number of halogens is 2. The van der Waals surface area contributed by atoms with Gasteiger partial charge in [0.25, 0.3) is 5.91 Å². The second-order valence-electron chi connectivity index (χ2n) is 21.3. The summed E-state index contributed by atoms with van der Waals surface area (Å²) in [6.45, 7) is 14.7. The Morgan fingerprint density at radius 1 is 0.810 bits per heavy atom. The number of oxime groups is 1. The van der Waals surface area contributed by atoms with Gasteiger partial charge in [-0.2, -0.15) is 0 Å². The van der Waals surface area contributed by atoms with Crippen LogP contribution in [0.2, 0.25) is 10.0 Å². The number of rotatable bonds is 24. The summed E-state index contributed by atoms with van der Waals surface area (Å²) in [5, 5.41) is 9.66. The van der Waals surface area contributed by atoms with Crippen molar-refractivity contribution in [1.82, 2.24) is 15.2 Å². The molecular weight excluding hydrogens is 1090 g/mol. The minimum absolute atomic E-state index is 0.0284. The first-order valence-electron chi connectivity index (χ1n) is 26.1. The van der Waals surface area contributed by atoms with Crippen molar-refractivity contribution >= 4 is 75.6 Å². The summed E-state index contributed by atoms with van der Waals surface area (Å²) in [6, 6.07) is 23.4. The molecule has 0 saturated carbocycles. The first kappa shape index (κ1) is 58.8. The van der Waals surface area contributed by atoms with E-state index in [-0.39, 0.29) is 88.4 Å². The summed E-state index contributed by atoms with van der Waals surface area (Å²) in [6.07, 6.45) is 1.69. The number of carbonyl (C=O) groups excluding carboxylic acids is 4. The lowest BCUT2D eigenvalue weighted by Gasteiger charge is -2.50. The number of hydrogen-bond acceptors (Lipinski definition) is 15. The number of amides is 2. The molecule has 16 nitrogen and oxygen atoms in total. The lowest BCUT2D eigenvalue weighted by atomic mass is 9.79. The molecular formula is C59H68Cl2N5O11S2+. The third kappa shape index (κ3) is 13.8. The van der Waals surface area contributed by atoms with E-state index in [1.54, 1.807) is 38.8 Å². The van der Waals surface area contributed by atoms with Crippen LogP contribution in [0.4, 0.5) is 0 Å². The molecule has 20 heteroatoms. The summed E-state index contributed by atoms with van der Waals surface area (Å²) in [5.74, 6) is 0.175. The Balaban J connectivity index is 1.02. The van der Waals surface area contributed by atoms with E-state index in [1.807, 2.05) is 102 Å². The van der Waals surface area contributed by atoms with Crippen molar-refractivity contribution < 1.29 is 56.9 Å². The maximum atomic E-state index is 14.5. The third-order valence-corrected chi connectivity index (χ3v) is 17.8. The normalized spacial score (nSPS) is 17.1. The van der Waals surface area contributed by atoms with E-state index in [0.717, 1.165) is 53.2 Å². The lowest BCUT2D eigenvalue weighted by Crippen LogP contribution is -2.63. The van der Waals surface area contributed by atoms with Gasteiger partial charge in [-0.1, -0.05) is 85.5 Å². The molecule has 4 heterocycles. The highest BCUT2D eigenvalue weighted by Gasteiger charge is 2.55. The summed E-state index contributed by atoms with van der Waals surface area (Å²) < 4.78 is 35.1. The average Bonchev–Trinajstić information content (AvgIpc) is 4.20. The van der Waals surface area contributed by atoms with Crippen LogP contribution >= 0.6 is 46.3 Å². The highest BCUT2D eigenvalue weighted by molar-refractivity contribution is 8.00. The molecule has 1 aromatic heterocycles. The van der Waals surface area contributed by atoms with Crippen LogP contribution in [0.5, 0.6) is 28.7 Å². The van der Waals surface area contributed by atoms with E-state index >= 15 is 0 Å². The van der Waals surface area contributed by atoms with E-state index in [0.29, 0.717) is 46.3 Å². The lowest BCUT2D eigenvalue weighted by molar-refractivity contribution is -0.911. The van der Waals surface area contributed by atoms with Crippen molar-refractivity contribution in [2.24, 2.45) is 16.5 Å². The molecule has 0 radical (unpaired) electrons. The van der Waals surface area contributed by atoms with Crippen molar-refractivity contribution in [3.05, 3.63) is 139 Å². The first-order chi connectivity index (χ1) is 37.7. The highest BCUT2D eigenvalue weighted by Crippen LogP contribution is 2.47. The number of fused-ring (bicyclic) bond motifs is 1. The number of hydrogen-bond donors (Lipinski definition) is 1. The molecule has 5 aromatic rings. The van der Waals surface area contributed by atoms with Gasteiger partial charge >= 0.3 is 5.97 Å². The molecule has 2 saturated heterocycles. The van der Waals surface area contributed by atoms with Gasteiger partial charge in [0.05, 0.1) is 79.4 Å². The Labute approximate surface area is 480 Å². The molecule has 2 atom stereocenters. The van der Waals surface area contributed by atoms with Gasteiger partial charge in [-0.3, -0.25) is 19.3 Å². The number of carbonyl (C=O) groups is 4. The van der Waals surface area contributed by atoms with Gasteiger partial charge in [-0.05, 0) is 79.9 Å². The summed E-state index contributed by atoms with van der Waals surface area (Å²) >= 11 is 16.9. The molecule has 8 rings (SSSR count). The summed E-state index contributed by atoms with van der Waals surface area (Å²) in [7, 11) is 4.76. The Hall–Kier alpha value is -6.31. The molecule has 79 heavy (non-hydrogen) atoms. The number of esters is 1. The van der Waals surface area contributed by atoms with Gasteiger partial charge in [-0.15, -0.1) is 23.1 Å². The smallest absolute Gasteiger partial charge is 0.355 e. The zero-order chi connectivity index (χ0) is 56.6. The highest BCUT2D eigenvalue weighted by atomic mass is 35.5. The maximum Gasteiger partial charge on any atom is 0.355 e. The molecule has 2 fully saturated rings. The van der Waals surface area contributed by atoms with Gasteiger partial charge in [0.2, 0.25) is 5.91 Å². The molecule has 0 spiro atoms. The monoisotopic (exact) mass is 1160 g/mol. The van der Waals surface area contributed by atoms with Crippen molar-refractivity contribution in [1.29, 1.82) is 0 Å². The second-order valence-corrected chi connectivity index (χ2v) is 24.3. The number of thioether (sulfide) groups is 1. The number of benzene rings is 4. The topological polar surface area (TPSA) is 173 Å². The summed E-state index contributed by atoms with van der Waals surface area (Å²) in [4.78, 5) is 69.7. The number of quaternary nitrogens is 1. The fraction of sp³-hybridized carbons (Fsp3) is 0.424. The van der Waals surface area contributed by atoms with Crippen LogP contribution in [0, 0.1) is 18.3 Å². The second kappa shape index (κ2) is 25.4. The minimum Gasteiger partial charge on any atom is -0.497 e. The fourth-order valence-electron chi connectivity index (χ4n) is 9.32. The first-order valence-corrected chi connectivity index (χ1v) is 28.8. The number of aryl methyl sites for hydroxylation is 1. The van der Waals surface area contributed by atoms with E-state index in [9.17, 15) is 19.2 Å². The number of methoxy groups -OCH3 is 3. The number of Topliss-reactive ketones (excluding diaryl/α,β-unsaturated/α-hetero) is 1. The Morgan fingerprint density at radius 2 is 1.37 bits per heavy atom. The fourth-order valence-corrected chi connectivity index (χ4v) is 11.8. The van der Waals surface area contributed by atoms with Crippen molar-refractivity contribution in [3.63, 3.8) is 0 Å². The van der Waals surface area contributed by atoms with Gasteiger partial charge in [-0.25, -0.2) is 9.78 Å². The van der Waals surface area contributed by atoms with Crippen molar-refractivity contribution in [2.75, 3.05) is 59.8 Å². The molecule has 4 aromatic carbocycles. The maximum absolute atomic E-state index is 14.5. The predicted molar refractivity (Wildman–Crippen MR) is 306 cm³/mol. The number of likely N-dealkylation sites (tertiary alicyclic amines) is 1. The van der Waals surface area contributed by atoms with Crippen molar-refractivity contribution in [3.8, 4) is 28.7 Å². The quantitative estimate of drug-likeness (QED) is 0.0203. The largest absolute Gasteiger partial charge is 0.497 e. The number of aromatic nitrogens is 1. The Kier molecular flexibility index (Phi) is 18.9. The van der Waals surface area contributed by atoms with E-state index in [1.165, 1.54) is 34.1 Å². The number of ether oxygens (including phenoxy) is 6. The SMILES string of the molecule is COc1ccc(COC(=O)C2=C(C[N+]3(CCNC(=O)c4cc(Cl)c(OCc5ccc(OC)cc5)c(OCc5ccc(OC)cc5)c4Cl)CCCC3)CS[C@@H]3[C@H](CC(=O)/C(=N\OC(C)(C)C(C)(C)C)c4csc(C)n4)C(=O)N23)cc1. The van der Waals surface area contributed by atoms with E-state index < -0.39 is 28.8 Å². The zero-order valence-electron chi connectivity index (χ0n) is 46.1. The van der Waals surface area contributed by atoms with Crippen LogP contribution in [0.1, 0.15) is 91.6 Å². The van der Waals surface area contributed by atoms with Gasteiger partial charge < -0.3 is 43.1 Å². The van der Waals surface area contributed by atoms with Gasteiger partial charge in [0.15, 0.2) is 23.0 Å². The van der Waals surface area contributed by atoms with Crippen LogP contribution in [0.25, 0.3) is 0 Å². The third-order valence-electron chi connectivity index (χ3n) is 15.0. The van der Waals surface area contributed by atoms with Crippen LogP contribution in [-0.4, -0.2) is 114 Å². The van der Waals surface area contributed by atoms with Crippen LogP contribution in [0.15, 0.2) is 101 Å². The molecule has 3 aliphatic heterocycles. The number of nitrogens with one attached hydrogen (secondary N) is 1. The van der Waals surface area contributed by atoms with Crippen molar-refractivity contribution in [2.45, 2.75) is 91.6 Å². The van der Waals surface area contributed by atoms with Crippen LogP contribution in [-0.2, 0) is 43.8 Å². The summed E-state index contributed by atoms with van der Waals surface area (Å²) in [5.41, 5.74) is 2.82. The molecule has 0 bridgehead atoms. The number of β-lactam (4-membered cyclic amide) rings is 1. The van der Waals surface area contributed by atoms with Gasteiger partial charge in [0.1, 0.15) is 60.6 Å². The molecule has 3 aliphatic rings. The van der Waals surface area contributed by atoms with Crippen LogP contribution < -0.4 is 29.0 Å². The van der Waals surface area contributed by atoms with E-state index in [2.05, 4.69) is 15.5 Å². The predicted octanol–water partition coefficient (Wildman–Crippen LogP) is 11.0. The Bertz CT molecular complexity index is 3080. The van der Waals surface area contributed by atoms with Crippen LogP contribution in [0.3, 0.4) is 0 Å². The average molecular weight is 1160 g/mol. The standard InChI is InChI=1S/C59H67Cl2N5O11S2/c1-36-63-47(35-78-36)50(64-77-59(5,6)58(2,3)4)48(67)29-45-55(69)65-51(57(70)76-33-39-16-22-43(73-9)23-17-39)40(34-79-56(45)65)30-66(25-10-11-26-66)27-24-62-54(68)44-28-46(60)52(74-31-37-12-18-41(71-7)19-13-37)53(49(44)61)75-32-38-14-20-42(72-8)21-15-38/h12-23,28,35,45,56H,10-11,24-27,29-34H2,1-9H3/p+1/b64-50-/t45-,56-/m1/s1.